The number of ether oxygens (including phenoxy) is 2. The van der Waals surface area contributed by atoms with Crippen LogP contribution in [0.1, 0.15) is 32.1 Å². The monoisotopic (exact) mass is 483 g/mol. The van der Waals surface area contributed by atoms with Gasteiger partial charge in [0.15, 0.2) is 11.5 Å². The van der Waals surface area contributed by atoms with Gasteiger partial charge in [0.25, 0.3) is 11.8 Å². The number of hydrogen-bond acceptors (Lipinski definition) is 8. The van der Waals surface area contributed by atoms with Gasteiger partial charge in [0.2, 0.25) is 10.0 Å². The Bertz CT molecular complexity index is 1330. The molecule has 12 heteroatoms. The van der Waals surface area contributed by atoms with Crippen LogP contribution in [0.3, 0.4) is 0 Å². The number of rotatable bonds is 7. The fourth-order valence-corrected chi connectivity index (χ4v) is 3.66. The molecule has 0 spiro atoms. The summed E-state index contributed by atoms with van der Waals surface area (Å²) in [7, 11) is -3.79. The Kier molecular flexibility index (Phi) is 6.70. The third-order valence-electron chi connectivity index (χ3n) is 4.90. The van der Waals surface area contributed by atoms with Gasteiger partial charge in [0, 0.05) is 19.2 Å². The van der Waals surface area contributed by atoms with Crippen molar-refractivity contribution in [2.24, 2.45) is 5.14 Å². The summed E-state index contributed by atoms with van der Waals surface area (Å²) < 4.78 is 33.7. The number of carbonyl (C=O) groups excluding carboxylic acids is 2. The van der Waals surface area contributed by atoms with Crippen LogP contribution in [0.5, 0.6) is 11.5 Å². The Hall–Kier alpha value is -4.03. The average molecular weight is 484 g/mol. The van der Waals surface area contributed by atoms with Gasteiger partial charge in [0.05, 0.1) is 4.90 Å². The summed E-state index contributed by atoms with van der Waals surface area (Å²) in [4.78, 5) is 32.8. The second kappa shape index (κ2) is 9.85. The van der Waals surface area contributed by atoms with Crippen LogP contribution in [0.2, 0.25) is 0 Å². The largest absolute Gasteiger partial charge is 0.486 e. The second-order valence-corrected chi connectivity index (χ2v) is 8.88. The Labute approximate surface area is 195 Å². The Morgan fingerprint density at radius 3 is 2.00 bits per heavy atom. The van der Waals surface area contributed by atoms with Crippen LogP contribution in [0.25, 0.3) is 0 Å². The van der Waals surface area contributed by atoms with Crippen molar-refractivity contribution in [2.75, 3.05) is 13.2 Å². The molecule has 2 aromatic carbocycles. The standard InChI is InChI=1S/C22H21N5O6S/c23-34(30,31)16-4-1-14(2-5-16)11-24-21(28)17-10-18(27-13-26-17)22(29)25-12-15-3-6-19-20(9-15)33-8-7-32-19/h1-6,9-10,13H,7-8,11-12H2,(H,24,28)(H,25,29)(H2,23,30,31). The number of nitrogens with one attached hydrogen (secondary N) is 2. The molecule has 0 unspecified atom stereocenters. The highest BCUT2D eigenvalue weighted by molar-refractivity contribution is 7.89. The molecular weight excluding hydrogens is 462 g/mol. The van der Waals surface area contributed by atoms with E-state index in [1.54, 1.807) is 12.1 Å². The molecule has 2 amide bonds. The van der Waals surface area contributed by atoms with Crippen molar-refractivity contribution >= 4 is 21.8 Å². The molecule has 0 fully saturated rings. The zero-order valence-electron chi connectivity index (χ0n) is 17.9. The number of fused-ring (bicyclic) bond motifs is 1. The minimum absolute atomic E-state index is 0.0145. The number of nitrogens with two attached hydrogens (primary N) is 1. The van der Waals surface area contributed by atoms with Crippen LogP contribution in [-0.2, 0) is 23.1 Å². The zero-order chi connectivity index (χ0) is 24.1. The van der Waals surface area contributed by atoms with E-state index in [1.165, 1.54) is 30.3 Å². The molecule has 0 aliphatic carbocycles. The number of carbonyl (C=O) groups is 2. The minimum Gasteiger partial charge on any atom is -0.486 e. The van der Waals surface area contributed by atoms with E-state index >= 15 is 0 Å². The molecular formula is C22H21N5O6S. The maximum Gasteiger partial charge on any atom is 0.270 e. The maximum absolute atomic E-state index is 12.5. The molecule has 0 bridgehead atoms. The molecule has 34 heavy (non-hydrogen) atoms. The second-order valence-electron chi connectivity index (χ2n) is 7.32. The van der Waals surface area contributed by atoms with E-state index in [1.807, 2.05) is 6.07 Å². The average Bonchev–Trinajstić information content (AvgIpc) is 2.85. The van der Waals surface area contributed by atoms with Crippen LogP contribution >= 0.6 is 0 Å². The summed E-state index contributed by atoms with van der Waals surface area (Å²) in [6, 6.07) is 12.5. The maximum atomic E-state index is 12.5. The molecule has 11 nitrogen and oxygen atoms in total. The lowest BCUT2D eigenvalue weighted by atomic mass is 10.2. The van der Waals surface area contributed by atoms with Crippen LogP contribution in [0.15, 0.2) is 59.8 Å². The van der Waals surface area contributed by atoms with Crippen molar-refractivity contribution in [2.45, 2.75) is 18.0 Å². The molecule has 0 saturated carbocycles. The molecule has 4 N–H and O–H groups in total. The van der Waals surface area contributed by atoms with E-state index in [0.29, 0.717) is 30.3 Å². The lowest BCUT2D eigenvalue weighted by molar-refractivity contribution is 0.0944. The number of primary sulfonamides is 1. The predicted octanol–water partition coefficient (Wildman–Crippen LogP) is 0.755. The first-order valence-electron chi connectivity index (χ1n) is 10.2. The smallest absolute Gasteiger partial charge is 0.270 e. The van der Waals surface area contributed by atoms with E-state index in [9.17, 15) is 18.0 Å². The van der Waals surface area contributed by atoms with Gasteiger partial charge < -0.3 is 20.1 Å². The number of benzene rings is 2. The van der Waals surface area contributed by atoms with Gasteiger partial charge in [-0.05, 0) is 35.4 Å². The molecule has 0 atom stereocenters. The van der Waals surface area contributed by atoms with Gasteiger partial charge in [-0.25, -0.2) is 23.5 Å². The van der Waals surface area contributed by atoms with Gasteiger partial charge in [0.1, 0.15) is 30.9 Å². The fourth-order valence-electron chi connectivity index (χ4n) is 3.15. The van der Waals surface area contributed by atoms with Crippen LogP contribution in [-0.4, -0.2) is 43.4 Å². The Balaban J connectivity index is 1.34. The van der Waals surface area contributed by atoms with Gasteiger partial charge >= 0.3 is 0 Å². The Morgan fingerprint density at radius 1 is 0.824 bits per heavy atom. The number of hydrogen-bond donors (Lipinski definition) is 3. The van der Waals surface area contributed by atoms with Crippen molar-refractivity contribution in [1.82, 2.24) is 20.6 Å². The summed E-state index contributed by atoms with van der Waals surface area (Å²) >= 11 is 0. The van der Waals surface area contributed by atoms with Gasteiger partial charge in [-0.3, -0.25) is 9.59 Å². The summed E-state index contributed by atoms with van der Waals surface area (Å²) in [5, 5.41) is 10.5. The topological polar surface area (TPSA) is 163 Å². The van der Waals surface area contributed by atoms with Crippen molar-refractivity contribution in [3.8, 4) is 11.5 Å². The van der Waals surface area contributed by atoms with E-state index in [2.05, 4.69) is 20.6 Å². The summed E-state index contributed by atoms with van der Waals surface area (Å²) in [5.41, 5.74) is 1.53. The highest BCUT2D eigenvalue weighted by atomic mass is 32.2. The van der Waals surface area contributed by atoms with E-state index in [0.717, 1.165) is 11.9 Å². The number of nitrogens with zero attached hydrogens (tertiary/aromatic N) is 2. The van der Waals surface area contributed by atoms with Gasteiger partial charge in [-0.1, -0.05) is 18.2 Å². The quantitative estimate of drug-likeness (QED) is 0.443. The molecule has 1 aliphatic heterocycles. The van der Waals surface area contributed by atoms with Gasteiger partial charge in [-0.15, -0.1) is 0 Å². The molecule has 0 radical (unpaired) electrons. The van der Waals surface area contributed by atoms with Crippen LogP contribution < -0.4 is 25.2 Å². The van der Waals surface area contributed by atoms with Gasteiger partial charge in [-0.2, -0.15) is 0 Å². The molecule has 2 heterocycles. The van der Waals surface area contributed by atoms with E-state index < -0.39 is 21.8 Å². The van der Waals surface area contributed by atoms with Crippen LogP contribution in [0, 0.1) is 0 Å². The van der Waals surface area contributed by atoms with Crippen molar-refractivity contribution in [3.63, 3.8) is 0 Å². The van der Waals surface area contributed by atoms with E-state index in [-0.39, 0.29) is 29.4 Å². The van der Waals surface area contributed by atoms with Crippen molar-refractivity contribution in [1.29, 1.82) is 0 Å². The number of amides is 2. The lowest BCUT2D eigenvalue weighted by Gasteiger charge is -2.18. The summed E-state index contributed by atoms with van der Waals surface area (Å²) in [5.74, 6) is 0.301. The number of sulfonamides is 1. The highest BCUT2D eigenvalue weighted by Gasteiger charge is 2.15. The first-order valence-corrected chi connectivity index (χ1v) is 11.7. The predicted molar refractivity (Wildman–Crippen MR) is 120 cm³/mol. The molecule has 4 rings (SSSR count). The third-order valence-corrected chi connectivity index (χ3v) is 5.83. The fraction of sp³-hybridized carbons (Fsp3) is 0.182. The molecule has 176 valence electrons. The minimum atomic E-state index is -3.79. The Morgan fingerprint density at radius 2 is 1.38 bits per heavy atom. The summed E-state index contributed by atoms with van der Waals surface area (Å²) in [6.45, 7) is 1.32. The zero-order valence-corrected chi connectivity index (χ0v) is 18.7. The van der Waals surface area contributed by atoms with Crippen molar-refractivity contribution < 1.29 is 27.5 Å². The molecule has 3 aromatic rings. The first-order chi connectivity index (χ1) is 16.3. The van der Waals surface area contributed by atoms with E-state index in [4.69, 9.17) is 14.6 Å². The van der Waals surface area contributed by atoms with Crippen molar-refractivity contribution in [3.05, 3.63) is 77.4 Å². The highest BCUT2D eigenvalue weighted by Crippen LogP contribution is 2.30. The normalized spacial score (nSPS) is 12.6. The molecule has 1 aromatic heterocycles. The molecule has 1 aliphatic rings. The SMILES string of the molecule is NS(=O)(=O)c1ccc(CNC(=O)c2cc(C(=O)NCc3ccc4c(c3)OCCO4)ncn2)cc1. The lowest BCUT2D eigenvalue weighted by Crippen LogP contribution is -2.27. The first kappa shape index (κ1) is 23.1. The van der Waals surface area contributed by atoms with Crippen LogP contribution in [0.4, 0.5) is 0 Å². The third kappa shape index (κ3) is 5.66. The molecule has 0 saturated heterocycles. The number of aromatic nitrogens is 2. The summed E-state index contributed by atoms with van der Waals surface area (Å²) in [6.07, 6.45) is 1.13.